The number of hydrogen-bond acceptors (Lipinski definition) is 3. The summed E-state index contributed by atoms with van der Waals surface area (Å²) in [4.78, 5) is 15.9. The normalized spacial score (nSPS) is 10.9. The largest absolute Gasteiger partial charge is 0.436 e. The van der Waals surface area contributed by atoms with E-state index < -0.39 is 0 Å². The van der Waals surface area contributed by atoms with Crippen molar-refractivity contribution in [3.8, 4) is 11.5 Å². The van der Waals surface area contributed by atoms with Crippen LogP contribution in [0.4, 0.5) is 5.69 Å². The number of hydrogen-bond donors (Lipinski definition) is 1. The zero-order valence-electron chi connectivity index (χ0n) is 12.3. The van der Waals surface area contributed by atoms with Crippen LogP contribution < -0.4 is 5.32 Å². The number of halogens is 1. The Hall–Kier alpha value is -2.33. The van der Waals surface area contributed by atoms with Gasteiger partial charge in [-0.1, -0.05) is 6.07 Å². The van der Waals surface area contributed by atoms with E-state index in [1.165, 1.54) is 0 Å². The molecule has 0 saturated carbocycles. The smallest absolute Gasteiger partial charge is 0.239 e. The summed E-state index contributed by atoms with van der Waals surface area (Å²) in [5.41, 5.74) is 5.28. The van der Waals surface area contributed by atoms with Gasteiger partial charge in [0.2, 0.25) is 11.8 Å². The zero-order valence-corrected chi connectivity index (χ0v) is 13.1. The number of anilines is 1. The van der Waals surface area contributed by atoms with Crippen molar-refractivity contribution in [1.82, 2.24) is 4.98 Å². The second-order valence-electron chi connectivity index (χ2n) is 5.20. The Kier molecular flexibility index (Phi) is 3.86. The summed E-state index contributed by atoms with van der Waals surface area (Å²) in [6, 6.07) is 11.5. The van der Waals surface area contributed by atoms with Crippen LogP contribution in [0.15, 0.2) is 40.8 Å². The summed E-state index contributed by atoms with van der Waals surface area (Å²) in [5, 5.41) is 2.75. The molecule has 0 spiro atoms. The van der Waals surface area contributed by atoms with E-state index in [1.807, 2.05) is 50.2 Å². The third-order valence-electron chi connectivity index (χ3n) is 3.41. The van der Waals surface area contributed by atoms with Gasteiger partial charge in [-0.3, -0.25) is 4.79 Å². The number of aromatic nitrogens is 1. The quantitative estimate of drug-likeness (QED) is 0.734. The maximum atomic E-state index is 11.4. The number of benzene rings is 2. The lowest BCUT2D eigenvalue weighted by atomic mass is 10.1. The molecule has 4 nitrogen and oxygen atoms in total. The molecule has 112 valence electrons. The molecule has 0 aliphatic heterocycles. The molecule has 1 heterocycles. The van der Waals surface area contributed by atoms with Crippen LogP contribution in [0, 0.1) is 13.8 Å². The molecule has 0 atom stereocenters. The van der Waals surface area contributed by atoms with Crippen LogP contribution in [0.5, 0.6) is 0 Å². The van der Waals surface area contributed by atoms with Crippen LogP contribution in [0.2, 0.25) is 0 Å². The summed E-state index contributed by atoms with van der Waals surface area (Å²) in [5.74, 6) is 0.278. The molecule has 0 saturated heterocycles. The Labute approximate surface area is 133 Å². The Balaban J connectivity index is 1.96. The molecule has 3 aromatic rings. The van der Waals surface area contributed by atoms with Gasteiger partial charge in [-0.25, -0.2) is 4.98 Å². The predicted octanol–water partition coefficient (Wildman–Crippen LogP) is 4.29. The van der Waals surface area contributed by atoms with Gasteiger partial charge < -0.3 is 9.73 Å². The second-order valence-corrected chi connectivity index (χ2v) is 5.47. The molecule has 5 heteroatoms. The fraction of sp³-hybridized carbons (Fsp3) is 0.176. The van der Waals surface area contributed by atoms with E-state index in [1.54, 1.807) is 0 Å². The van der Waals surface area contributed by atoms with Gasteiger partial charge in [0, 0.05) is 11.3 Å². The van der Waals surface area contributed by atoms with Crippen LogP contribution in [0.1, 0.15) is 11.1 Å². The summed E-state index contributed by atoms with van der Waals surface area (Å²) >= 11 is 5.50. The van der Waals surface area contributed by atoms with E-state index >= 15 is 0 Å². The molecule has 0 fully saturated rings. The third kappa shape index (κ3) is 2.83. The minimum atomic E-state index is -0.227. The fourth-order valence-corrected chi connectivity index (χ4v) is 2.35. The Morgan fingerprint density at radius 1 is 1.23 bits per heavy atom. The van der Waals surface area contributed by atoms with Crippen molar-refractivity contribution in [2.45, 2.75) is 13.8 Å². The van der Waals surface area contributed by atoms with E-state index in [0.29, 0.717) is 5.89 Å². The monoisotopic (exact) mass is 314 g/mol. The molecule has 0 aliphatic carbocycles. The minimum absolute atomic E-state index is 0.0638. The molecule has 0 radical (unpaired) electrons. The van der Waals surface area contributed by atoms with Crippen molar-refractivity contribution in [2.24, 2.45) is 0 Å². The number of aryl methyl sites for hydroxylation is 2. The standard InChI is InChI=1S/C17H15ClN2O2/c1-10-3-6-15-14(7-10)20-17(22-15)12-4-5-13(11(2)8-12)19-16(21)9-18/h3-8H,9H2,1-2H3,(H,19,21). The van der Waals surface area contributed by atoms with Crippen LogP contribution >= 0.6 is 11.6 Å². The number of amides is 1. The van der Waals surface area contributed by atoms with Gasteiger partial charge in [0.1, 0.15) is 11.4 Å². The molecule has 1 amide bonds. The summed E-state index contributed by atoms with van der Waals surface area (Å²) in [6.45, 7) is 3.94. The van der Waals surface area contributed by atoms with Gasteiger partial charge in [-0.05, 0) is 55.3 Å². The highest BCUT2D eigenvalue weighted by Gasteiger charge is 2.10. The molecule has 22 heavy (non-hydrogen) atoms. The lowest BCUT2D eigenvalue weighted by Crippen LogP contribution is -2.13. The van der Waals surface area contributed by atoms with Crippen molar-refractivity contribution in [1.29, 1.82) is 0 Å². The first kappa shape index (κ1) is 14.6. The molecular formula is C17H15ClN2O2. The molecule has 0 bridgehead atoms. The Morgan fingerprint density at radius 2 is 2.05 bits per heavy atom. The lowest BCUT2D eigenvalue weighted by Gasteiger charge is -2.07. The van der Waals surface area contributed by atoms with Gasteiger partial charge in [-0.2, -0.15) is 0 Å². The van der Waals surface area contributed by atoms with E-state index in [4.69, 9.17) is 16.0 Å². The van der Waals surface area contributed by atoms with E-state index in [9.17, 15) is 4.79 Å². The average molecular weight is 315 g/mol. The number of carbonyl (C=O) groups excluding carboxylic acids is 1. The molecule has 1 aromatic heterocycles. The third-order valence-corrected chi connectivity index (χ3v) is 3.65. The average Bonchev–Trinajstić information content (AvgIpc) is 2.92. The zero-order chi connectivity index (χ0) is 15.7. The maximum Gasteiger partial charge on any atom is 0.239 e. The summed E-state index contributed by atoms with van der Waals surface area (Å²) < 4.78 is 5.79. The van der Waals surface area contributed by atoms with Gasteiger partial charge in [0.05, 0.1) is 0 Å². The molecular weight excluding hydrogens is 300 g/mol. The topological polar surface area (TPSA) is 55.1 Å². The van der Waals surface area contributed by atoms with Gasteiger partial charge in [-0.15, -0.1) is 11.6 Å². The molecule has 0 unspecified atom stereocenters. The Morgan fingerprint density at radius 3 is 2.77 bits per heavy atom. The first-order chi connectivity index (χ1) is 10.6. The SMILES string of the molecule is Cc1ccc2oc(-c3ccc(NC(=O)CCl)c(C)c3)nc2c1. The highest BCUT2D eigenvalue weighted by atomic mass is 35.5. The Bertz CT molecular complexity index is 855. The van der Waals surface area contributed by atoms with E-state index in [2.05, 4.69) is 10.3 Å². The van der Waals surface area contributed by atoms with Gasteiger partial charge >= 0.3 is 0 Å². The van der Waals surface area contributed by atoms with Crippen LogP contribution in [0.3, 0.4) is 0 Å². The van der Waals surface area contributed by atoms with Crippen molar-refractivity contribution >= 4 is 34.3 Å². The first-order valence-electron chi connectivity index (χ1n) is 6.91. The number of carbonyl (C=O) groups is 1. The lowest BCUT2D eigenvalue weighted by molar-refractivity contribution is -0.113. The van der Waals surface area contributed by atoms with Gasteiger partial charge in [0.25, 0.3) is 0 Å². The number of fused-ring (bicyclic) bond motifs is 1. The number of alkyl halides is 1. The fourth-order valence-electron chi connectivity index (χ4n) is 2.28. The maximum absolute atomic E-state index is 11.4. The van der Waals surface area contributed by atoms with Gasteiger partial charge in [0.15, 0.2) is 5.58 Å². The first-order valence-corrected chi connectivity index (χ1v) is 7.44. The van der Waals surface area contributed by atoms with Crippen molar-refractivity contribution in [3.63, 3.8) is 0 Å². The molecule has 2 aromatic carbocycles. The van der Waals surface area contributed by atoms with Crippen LogP contribution in [-0.2, 0) is 4.79 Å². The van der Waals surface area contributed by atoms with E-state index in [0.717, 1.165) is 33.5 Å². The number of nitrogens with zero attached hydrogens (tertiary/aromatic N) is 1. The number of rotatable bonds is 3. The predicted molar refractivity (Wildman–Crippen MR) is 88.3 cm³/mol. The molecule has 0 aliphatic rings. The van der Waals surface area contributed by atoms with Crippen molar-refractivity contribution in [3.05, 3.63) is 47.5 Å². The van der Waals surface area contributed by atoms with Crippen molar-refractivity contribution < 1.29 is 9.21 Å². The summed E-state index contributed by atoms with van der Waals surface area (Å²) in [7, 11) is 0. The van der Waals surface area contributed by atoms with Crippen LogP contribution in [-0.4, -0.2) is 16.8 Å². The minimum Gasteiger partial charge on any atom is -0.436 e. The summed E-state index contributed by atoms with van der Waals surface area (Å²) in [6.07, 6.45) is 0. The van der Waals surface area contributed by atoms with E-state index in [-0.39, 0.29) is 11.8 Å². The molecule has 3 rings (SSSR count). The number of oxazole rings is 1. The number of nitrogens with one attached hydrogen (secondary N) is 1. The highest BCUT2D eigenvalue weighted by Crippen LogP contribution is 2.27. The molecule has 1 N–H and O–H groups in total. The second kappa shape index (κ2) is 5.81. The van der Waals surface area contributed by atoms with Crippen molar-refractivity contribution in [2.75, 3.05) is 11.2 Å². The van der Waals surface area contributed by atoms with Crippen LogP contribution in [0.25, 0.3) is 22.6 Å². The highest BCUT2D eigenvalue weighted by molar-refractivity contribution is 6.29.